The first kappa shape index (κ1) is 18.7. The Morgan fingerprint density at radius 1 is 1.00 bits per heavy atom. The summed E-state index contributed by atoms with van der Waals surface area (Å²) in [5, 5.41) is 3.36. The molecule has 3 aromatic rings. The van der Waals surface area contributed by atoms with Gasteiger partial charge in [-0.3, -0.25) is 0 Å². The van der Waals surface area contributed by atoms with Crippen molar-refractivity contribution < 1.29 is 4.74 Å². The predicted octanol–water partition coefficient (Wildman–Crippen LogP) is 4.95. The van der Waals surface area contributed by atoms with Crippen LogP contribution in [0.4, 0.5) is 17.5 Å². The predicted molar refractivity (Wildman–Crippen MR) is 111 cm³/mol. The smallest absolute Gasteiger partial charge is 0.228 e. The van der Waals surface area contributed by atoms with Crippen molar-refractivity contribution in [3.05, 3.63) is 71.9 Å². The van der Waals surface area contributed by atoms with Gasteiger partial charge in [0.1, 0.15) is 11.6 Å². The third-order valence-corrected chi connectivity index (χ3v) is 4.26. The van der Waals surface area contributed by atoms with Gasteiger partial charge in [0.2, 0.25) is 5.95 Å². The fourth-order valence-electron chi connectivity index (χ4n) is 2.86. The summed E-state index contributed by atoms with van der Waals surface area (Å²) in [6, 6.07) is 20.4. The van der Waals surface area contributed by atoms with E-state index in [0.717, 1.165) is 35.4 Å². The summed E-state index contributed by atoms with van der Waals surface area (Å²) in [6.07, 6.45) is 0. The van der Waals surface area contributed by atoms with E-state index in [0.29, 0.717) is 0 Å². The summed E-state index contributed by atoms with van der Waals surface area (Å²) in [5.74, 6) is 2.29. The number of ether oxygens (including phenoxy) is 1. The van der Waals surface area contributed by atoms with Gasteiger partial charge in [-0.15, -0.1) is 0 Å². The Hall–Kier alpha value is -3.08. The Balaban J connectivity index is 1.88. The van der Waals surface area contributed by atoms with Gasteiger partial charge < -0.3 is 15.0 Å². The molecule has 0 saturated heterocycles. The Kier molecular flexibility index (Phi) is 5.91. The van der Waals surface area contributed by atoms with Crippen LogP contribution in [0.2, 0.25) is 0 Å². The molecule has 0 aliphatic carbocycles. The molecule has 0 spiro atoms. The molecular weight excluding hydrogens is 336 g/mol. The summed E-state index contributed by atoms with van der Waals surface area (Å²) < 4.78 is 5.30. The van der Waals surface area contributed by atoms with Gasteiger partial charge in [-0.2, -0.15) is 4.98 Å². The first-order valence-electron chi connectivity index (χ1n) is 9.12. The van der Waals surface area contributed by atoms with E-state index in [2.05, 4.69) is 53.3 Å². The highest BCUT2D eigenvalue weighted by Gasteiger charge is 2.16. The van der Waals surface area contributed by atoms with Crippen LogP contribution in [0.15, 0.2) is 60.7 Å². The fourth-order valence-corrected chi connectivity index (χ4v) is 2.86. The molecule has 1 heterocycles. The lowest BCUT2D eigenvalue weighted by atomic mass is 10.2. The third kappa shape index (κ3) is 4.97. The van der Waals surface area contributed by atoms with Gasteiger partial charge in [-0.05, 0) is 38.5 Å². The third-order valence-electron chi connectivity index (χ3n) is 4.26. The molecule has 0 unspecified atom stereocenters. The number of rotatable bonds is 7. The van der Waals surface area contributed by atoms with E-state index in [4.69, 9.17) is 9.72 Å². The number of aryl methyl sites for hydroxylation is 1. The van der Waals surface area contributed by atoms with Crippen molar-refractivity contribution in [3.63, 3.8) is 0 Å². The molecule has 0 saturated carbocycles. The number of nitrogens with zero attached hydrogens (tertiary/aromatic N) is 3. The molecule has 0 radical (unpaired) electrons. The molecule has 27 heavy (non-hydrogen) atoms. The molecule has 2 aromatic carbocycles. The lowest BCUT2D eigenvalue weighted by molar-refractivity contribution is 0.415. The number of benzene rings is 2. The molecule has 1 aromatic heterocycles. The van der Waals surface area contributed by atoms with Gasteiger partial charge in [0, 0.05) is 36.1 Å². The molecule has 0 bridgehead atoms. The second kappa shape index (κ2) is 8.54. The van der Waals surface area contributed by atoms with Crippen LogP contribution >= 0.6 is 0 Å². The van der Waals surface area contributed by atoms with Gasteiger partial charge in [-0.25, -0.2) is 4.98 Å². The second-order valence-corrected chi connectivity index (χ2v) is 6.76. The highest BCUT2D eigenvalue weighted by Crippen LogP contribution is 2.23. The molecule has 3 rings (SSSR count). The van der Waals surface area contributed by atoms with Crippen LogP contribution in [0.5, 0.6) is 5.75 Å². The average molecular weight is 362 g/mol. The number of hydrogen-bond donors (Lipinski definition) is 1. The number of anilines is 3. The van der Waals surface area contributed by atoms with Crippen LogP contribution in [0, 0.1) is 6.92 Å². The Morgan fingerprint density at radius 3 is 2.48 bits per heavy atom. The monoisotopic (exact) mass is 362 g/mol. The van der Waals surface area contributed by atoms with Crippen molar-refractivity contribution in [2.45, 2.75) is 33.4 Å². The highest BCUT2D eigenvalue weighted by molar-refractivity contribution is 5.59. The van der Waals surface area contributed by atoms with Gasteiger partial charge >= 0.3 is 0 Å². The lowest BCUT2D eigenvalue weighted by Gasteiger charge is -2.27. The average Bonchev–Trinajstić information content (AvgIpc) is 2.66. The van der Waals surface area contributed by atoms with E-state index in [9.17, 15) is 0 Å². The molecule has 140 valence electrons. The van der Waals surface area contributed by atoms with Crippen molar-refractivity contribution in [2.24, 2.45) is 0 Å². The van der Waals surface area contributed by atoms with Crippen LogP contribution in [-0.4, -0.2) is 23.1 Å². The molecule has 0 aliphatic heterocycles. The zero-order valence-electron chi connectivity index (χ0n) is 16.3. The lowest BCUT2D eigenvalue weighted by Crippen LogP contribution is -2.32. The van der Waals surface area contributed by atoms with Crippen LogP contribution in [0.25, 0.3) is 0 Å². The van der Waals surface area contributed by atoms with Gasteiger partial charge in [0.05, 0.1) is 7.11 Å². The first-order valence-corrected chi connectivity index (χ1v) is 9.12. The van der Waals surface area contributed by atoms with Crippen molar-refractivity contribution in [1.29, 1.82) is 0 Å². The molecule has 0 amide bonds. The summed E-state index contributed by atoms with van der Waals surface area (Å²) in [7, 11) is 1.66. The molecular formula is C22H26N4O. The molecule has 0 aliphatic rings. The number of nitrogens with one attached hydrogen (secondary N) is 1. The molecule has 0 atom stereocenters. The maximum absolute atomic E-state index is 5.30. The summed E-state index contributed by atoms with van der Waals surface area (Å²) in [6.45, 7) is 7.07. The van der Waals surface area contributed by atoms with Crippen LogP contribution in [0.1, 0.15) is 25.1 Å². The van der Waals surface area contributed by atoms with Crippen LogP contribution in [-0.2, 0) is 6.54 Å². The van der Waals surface area contributed by atoms with Crippen molar-refractivity contribution in [1.82, 2.24) is 9.97 Å². The summed E-state index contributed by atoms with van der Waals surface area (Å²) in [4.78, 5) is 11.6. The van der Waals surface area contributed by atoms with Gasteiger partial charge in [0.15, 0.2) is 0 Å². The van der Waals surface area contributed by atoms with E-state index < -0.39 is 0 Å². The topological polar surface area (TPSA) is 50.3 Å². The highest BCUT2D eigenvalue weighted by atomic mass is 16.5. The largest absolute Gasteiger partial charge is 0.497 e. The minimum atomic E-state index is 0.275. The zero-order chi connectivity index (χ0) is 19.2. The molecule has 0 fully saturated rings. The Bertz CT molecular complexity index is 880. The maximum Gasteiger partial charge on any atom is 0.228 e. The number of hydrogen-bond acceptors (Lipinski definition) is 5. The Morgan fingerprint density at radius 2 is 1.78 bits per heavy atom. The normalized spacial score (nSPS) is 10.7. The fraction of sp³-hybridized carbons (Fsp3) is 0.273. The Labute approximate surface area is 161 Å². The summed E-state index contributed by atoms with van der Waals surface area (Å²) >= 11 is 0. The number of aromatic nitrogens is 2. The minimum Gasteiger partial charge on any atom is -0.497 e. The van der Waals surface area contributed by atoms with E-state index in [1.165, 1.54) is 5.56 Å². The standard InChI is InChI=1S/C22H26N4O/c1-16(2)26(15-18-9-6-5-7-10-18)22-23-17(3)13-21(25-22)24-19-11-8-12-20(14-19)27-4/h5-14,16H,15H2,1-4H3,(H,23,24,25). The van der Waals surface area contributed by atoms with Crippen molar-refractivity contribution >= 4 is 17.5 Å². The van der Waals surface area contributed by atoms with Crippen LogP contribution < -0.4 is 15.0 Å². The van der Waals surface area contributed by atoms with E-state index in [1.807, 2.05) is 43.3 Å². The van der Waals surface area contributed by atoms with E-state index in [-0.39, 0.29) is 6.04 Å². The summed E-state index contributed by atoms with van der Waals surface area (Å²) in [5.41, 5.74) is 3.08. The SMILES string of the molecule is COc1cccc(Nc2cc(C)nc(N(Cc3ccccc3)C(C)C)n2)c1. The quantitative estimate of drug-likeness (QED) is 0.644. The maximum atomic E-state index is 5.30. The zero-order valence-corrected chi connectivity index (χ0v) is 16.3. The number of methoxy groups -OCH3 is 1. The first-order chi connectivity index (χ1) is 13.0. The molecule has 5 nitrogen and oxygen atoms in total. The van der Waals surface area contributed by atoms with Crippen LogP contribution in [0.3, 0.4) is 0 Å². The molecule has 5 heteroatoms. The van der Waals surface area contributed by atoms with Gasteiger partial charge in [0.25, 0.3) is 0 Å². The van der Waals surface area contributed by atoms with Gasteiger partial charge in [-0.1, -0.05) is 36.4 Å². The van der Waals surface area contributed by atoms with E-state index >= 15 is 0 Å². The van der Waals surface area contributed by atoms with Crippen molar-refractivity contribution in [2.75, 3.05) is 17.3 Å². The second-order valence-electron chi connectivity index (χ2n) is 6.76. The minimum absolute atomic E-state index is 0.275. The van der Waals surface area contributed by atoms with Crippen molar-refractivity contribution in [3.8, 4) is 5.75 Å². The molecule has 1 N–H and O–H groups in total. The van der Waals surface area contributed by atoms with E-state index in [1.54, 1.807) is 7.11 Å².